The van der Waals surface area contributed by atoms with Gasteiger partial charge in [0.25, 0.3) is 0 Å². The smallest absolute Gasteiger partial charge is 0.358 e. The summed E-state index contributed by atoms with van der Waals surface area (Å²) < 4.78 is 10.5. The zero-order valence-corrected chi connectivity index (χ0v) is 16.4. The number of benzene rings is 1. The third-order valence-electron chi connectivity index (χ3n) is 3.98. The number of amides is 1. The molecular weight excluding hydrogens is 408 g/mol. The average Bonchev–Trinajstić information content (AvgIpc) is 3.22. The predicted octanol–water partition coefficient (Wildman–Crippen LogP) is 3.02. The number of carbonyl (C=O) groups excluding carboxylic acids is 2. The molecule has 0 unspecified atom stereocenters. The topological polar surface area (TPSA) is 124 Å². The summed E-state index contributed by atoms with van der Waals surface area (Å²) in [5, 5.41) is 5.27. The first-order valence-electron chi connectivity index (χ1n) is 8.74. The molecule has 0 atom stereocenters. The molecule has 0 radical (unpaired) electrons. The minimum atomic E-state index is -0.635. The molecule has 3 aromatic heterocycles. The van der Waals surface area contributed by atoms with Gasteiger partial charge in [-0.25, -0.2) is 24.5 Å². The second-order valence-electron chi connectivity index (χ2n) is 6.17. The van der Waals surface area contributed by atoms with Crippen molar-refractivity contribution < 1.29 is 18.7 Å². The highest BCUT2D eigenvalue weighted by Gasteiger charge is 2.16. The van der Waals surface area contributed by atoms with E-state index in [4.69, 9.17) is 9.15 Å². The number of aromatic nitrogens is 3. The van der Waals surface area contributed by atoms with Crippen molar-refractivity contribution in [2.24, 2.45) is 0 Å². The fraction of sp³-hybridized carbons (Fsp3) is 0.100. The van der Waals surface area contributed by atoms with Gasteiger partial charge in [-0.2, -0.15) is 0 Å². The molecule has 1 N–H and O–H groups in total. The Labute approximate surface area is 173 Å². The molecule has 4 rings (SSSR count). The van der Waals surface area contributed by atoms with Crippen LogP contribution in [0.25, 0.3) is 21.8 Å². The number of hydrogen-bond acceptors (Lipinski definition) is 9. The molecule has 0 saturated heterocycles. The van der Waals surface area contributed by atoms with Crippen molar-refractivity contribution >= 4 is 39.9 Å². The fourth-order valence-corrected chi connectivity index (χ4v) is 3.46. The molecule has 1 amide bonds. The van der Waals surface area contributed by atoms with Crippen molar-refractivity contribution in [3.05, 3.63) is 69.8 Å². The third-order valence-corrected chi connectivity index (χ3v) is 4.82. The zero-order chi connectivity index (χ0) is 21.1. The summed E-state index contributed by atoms with van der Waals surface area (Å²) in [5.74, 6) is -0.460. The van der Waals surface area contributed by atoms with Gasteiger partial charge >= 0.3 is 11.6 Å². The van der Waals surface area contributed by atoms with Gasteiger partial charge < -0.3 is 14.5 Å². The Morgan fingerprint density at radius 2 is 2.00 bits per heavy atom. The van der Waals surface area contributed by atoms with E-state index in [0.29, 0.717) is 27.5 Å². The lowest BCUT2D eigenvalue weighted by molar-refractivity contribution is -0.114. The maximum Gasteiger partial charge on any atom is 0.358 e. The van der Waals surface area contributed by atoms with Gasteiger partial charge in [-0.1, -0.05) is 0 Å². The second kappa shape index (κ2) is 8.21. The number of ether oxygens (including phenoxy) is 1. The minimum absolute atomic E-state index is 0.127. The number of fused-ring (bicyclic) bond motifs is 1. The van der Waals surface area contributed by atoms with Crippen molar-refractivity contribution in [2.75, 3.05) is 5.32 Å². The molecular formula is C20H14N4O5S. The highest BCUT2D eigenvalue weighted by Crippen LogP contribution is 2.23. The fourth-order valence-electron chi connectivity index (χ4n) is 2.73. The molecule has 0 aliphatic rings. The molecule has 0 aliphatic heterocycles. The molecule has 0 aliphatic carbocycles. The highest BCUT2D eigenvalue weighted by atomic mass is 32.1. The van der Waals surface area contributed by atoms with Gasteiger partial charge in [-0.15, -0.1) is 11.3 Å². The molecule has 3 heterocycles. The Kier molecular flexibility index (Phi) is 5.31. The van der Waals surface area contributed by atoms with Crippen LogP contribution in [0.5, 0.6) is 0 Å². The number of carbonyl (C=O) groups is 2. The van der Waals surface area contributed by atoms with Crippen molar-refractivity contribution in [1.82, 2.24) is 15.0 Å². The summed E-state index contributed by atoms with van der Waals surface area (Å²) in [6, 6.07) is 7.84. The van der Waals surface area contributed by atoms with Crippen LogP contribution in [-0.2, 0) is 16.1 Å². The van der Waals surface area contributed by atoms with E-state index < -0.39 is 11.6 Å². The number of thiazole rings is 1. The first-order chi connectivity index (χ1) is 14.5. The largest absolute Gasteiger partial charge is 0.456 e. The van der Waals surface area contributed by atoms with Crippen LogP contribution in [0.1, 0.15) is 23.0 Å². The van der Waals surface area contributed by atoms with Gasteiger partial charge in [-0.3, -0.25) is 4.79 Å². The van der Waals surface area contributed by atoms with Crippen LogP contribution in [0.3, 0.4) is 0 Å². The first-order valence-corrected chi connectivity index (χ1v) is 9.62. The Morgan fingerprint density at radius 3 is 2.77 bits per heavy atom. The van der Waals surface area contributed by atoms with Gasteiger partial charge in [-0.05, 0) is 18.2 Å². The summed E-state index contributed by atoms with van der Waals surface area (Å²) in [6.45, 7) is 1.24. The lowest BCUT2D eigenvalue weighted by Gasteiger charge is -2.08. The lowest BCUT2D eigenvalue weighted by atomic mass is 10.1. The highest BCUT2D eigenvalue weighted by molar-refractivity contribution is 7.13. The van der Waals surface area contributed by atoms with E-state index in [2.05, 4.69) is 20.3 Å². The van der Waals surface area contributed by atoms with E-state index in [9.17, 15) is 14.4 Å². The van der Waals surface area contributed by atoms with Crippen molar-refractivity contribution in [1.29, 1.82) is 0 Å². The number of anilines is 1. The van der Waals surface area contributed by atoms with Crippen LogP contribution in [0.15, 0.2) is 57.3 Å². The van der Waals surface area contributed by atoms with Crippen molar-refractivity contribution in [3.63, 3.8) is 0 Å². The number of hydrogen-bond donors (Lipinski definition) is 1. The molecule has 0 fully saturated rings. The quantitative estimate of drug-likeness (QED) is 0.384. The standard InChI is InChI=1S/C20H14N4O5S/c1-11(25)23-13-3-4-14-12(7-17(26)29-16(14)8-13)9-28-20(27)15-10-30-19(24-15)18-21-5-2-6-22-18/h2-8,10H,9H2,1H3,(H,23,25). The SMILES string of the molecule is CC(=O)Nc1ccc2c(COC(=O)c3csc(-c4ncccn4)n3)cc(=O)oc2c1. The Bertz CT molecular complexity index is 1300. The van der Waals surface area contributed by atoms with E-state index in [0.717, 1.165) is 0 Å². The first kappa shape index (κ1) is 19.4. The van der Waals surface area contributed by atoms with Gasteiger partial charge in [0.2, 0.25) is 5.91 Å². The van der Waals surface area contributed by atoms with Crippen LogP contribution in [0.4, 0.5) is 5.69 Å². The number of nitrogens with one attached hydrogen (secondary N) is 1. The Morgan fingerprint density at radius 1 is 1.20 bits per heavy atom. The monoisotopic (exact) mass is 422 g/mol. The van der Waals surface area contributed by atoms with E-state index in [1.807, 2.05) is 0 Å². The number of nitrogens with zero attached hydrogens (tertiary/aromatic N) is 3. The molecule has 150 valence electrons. The van der Waals surface area contributed by atoms with Crippen molar-refractivity contribution in [3.8, 4) is 10.8 Å². The molecule has 0 saturated carbocycles. The Balaban J connectivity index is 1.53. The number of rotatable bonds is 5. The molecule has 0 bridgehead atoms. The average molecular weight is 422 g/mol. The van der Waals surface area contributed by atoms with Crippen LogP contribution >= 0.6 is 11.3 Å². The van der Waals surface area contributed by atoms with Crippen LogP contribution < -0.4 is 10.9 Å². The summed E-state index contributed by atoms with van der Waals surface area (Å²) in [4.78, 5) is 47.9. The van der Waals surface area contributed by atoms with Crippen LogP contribution in [0, 0.1) is 0 Å². The molecule has 10 heteroatoms. The summed E-state index contributed by atoms with van der Waals surface area (Å²) in [7, 11) is 0. The summed E-state index contributed by atoms with van der Waals surface area (Å²) in [5.41, 5.74) is 0.779. The van der Waals surface area contributed by atoms with E-state index in [1.165, 1.54) is 30.4 Å². The van der Waals surface area contributed by atoms with Gasteiger partial charge in [0.05, 0.1) is 0 Å². The van der Waals surface area contributed by atoms with Crippen LogP contribution in [0.2, 0.25) is 0 Å². The number of esters is 1. The predicted molar refractivity (Wildman–Crippen MR) is 109 cm³/mol. The Hall–Kier alpha value is -3.92. The van der Waals surface area contributed by atoms with E-state index in [1.54, 1.807) is 36.0 Å². The van der Waals surface area contributed by atoms with E-state index in [-0.39, 0.29) is 23.8 Å². The third kappa shape index (κ3) is 4.23. The van der Waals surface area contributed by atoms with Gasteiger partial charge in [0.1, 0.15) is 12.2 Å². The minimum Gasteiger partial charge on any atom is -0.456 e. The van der Waals surface area contributed by atoms with Crippen LogP contribution in [-0.4, -0.2) is 26.8 Å². The molecule has 30 heavy (non-hydrogen) atoms. The normalized spacial score (nSPS) is 10.7. The van der Waals surface area contributed by atoms with Gasteiger partial charge in [0.15, 0.2) is 16.5 Å². The summed E-state index contributed by atoms with van der Waals surface area (Å²) in [6.07, 6.45) is 3.18. The van der Waals surface area contributed by atoms with Gasteiger partial charge in [0, 0.05) is 53.5 Å². The summed E-state index contributed by atoms with van der Waals surface area (Å²) >= 11 is 1.23. The molecule has 1 aromatic carbocycles. The lowest BCUT2D eigenvalue weighted by Crippen LogP contribution is -2.09. The zero-order valence-electron chi connectivity index (χ0n) is 15.6. The maximum absolute atomic E-state index is 12.4. The molecule has 9 nitrogen and oxygen atoms in total. The molecule has 0 spiro atoms. The molecule has 4 aromatic rings. The van der Waals surface area contributed by atoms with E-state index >= 15 is 0 Å². The second-order valence-corrected chi connectivity index (χ2v) is 7.03. The maximum atomic E-state index is 12.4. The van der Waals surface area contributed by atoms with Crippen molar-refractivity contribution in [2.45, 2.75) is 13.5 Å².